The molecule has 1 atom stereocenters. The van der Waals surface area contributed by atoms with Crippen LogP contribution in [0.2, 0.25) is 5.02 Å². The molecule has 6 nitrogen and oxygen atoms in total. The zero-order chi connectivity index (χ0) is 20.5. The molecule has 1 amide bonds. The summed E-state index contributed by atoms with van der Waals surface area (Å²) in [6, 6.07) is 10.4. The van der Waals surface area contributed by atoms with E-state index in [-0.39, 0.29) is 10.8 Å². The number of hydrogen-bond acceptors (Lipinski definition) is 5. The summed E-state index contributed by atoms with van der Waals surface area (Å²) in [6.07, 6.45) is 0. The lowest BCUT2D eigenvalue weighted by atomic mass is 10.0. The molecule has 3 rings (SSSR count). The monoisotopic (exact) mass is 437 g/mol. The van der Waals surface area contributed by atoms with Crippen molar-refractivity contribution in [1.82, 2.24) is 9.71 Å². The molecule has 148 valence electrons. The fourth-order valence-corrected chi connectivity index (χ4v) is 5.10. The van der Waals surface area contributed by atoms with Gasteiger partial charge in [-0.15, -0.1) is 11.3 Å². The SMILES string of the molecule is Cc1nc2ccc(S(=O)(=O)NC(C(=O)Nc3ccc(Cl)cc3)C(C)C)cc2s1. The first-order valence-electron chi connectivity index (χ1n) is 8.61. The maximum absolute atomic E-state index is 12.9. The molecule has 2 aromatic carbocycles. The van der Waals surface area contributed by atoms with Crippen LogP contribution in [0, 0.1) is 12.8 Å². The fourth-order valence-electron chi connectivity index (χ4n) is 2.67. The Morgan fingerprint density at radius 2 is 1.82 bits per heavy atom. The Morgan fingerprint density at radius 3 is 2.46 bits per heavy atom. The van der Waals surface area contributed by atoms with Crippen molar-refractivity contribution >= 4 is 54.8 Å². The zero-order valence-electron chi connectivity index (χ0n) is 15.6. The minimum atomic E-state index is -3.88. The van der Waals surface area contributed by atoms with Gasteiger partial charge in [-0.1, -0.05) is 25.4 Å². The van der Waals surface area contributed by atoms with Crippen LogP contribution in [0.15, 0.2) is 47.4 Å². The Bertz CT molecular complexity index is 1110. The average molecular weight is 438 g/mol. The van der Waals surface area contributed by atoms with Crippen LogP contribution in [-0.2, 0) is 14.8 Å². The smallest absolute Gasteiger partial charge is 0.242 e. The number of rotatable bonds is 6. The number of benzene rings is 2. The Hall–Kier alpha value is -2.00. The van der Waals surface area contributed by atoms with Gasteiger partial charge in [-0.3, -0.25) is 4.79 Å². The molecule has 0 aliphatic rings. The van der Waals surface area contributed by atoms with Gasteiger partial charge in [0.2, 0.25) is 15.9 Å². The topological polar surface area (TPSA) is 88.2 Å². The maximum atomic E-state index is 12.9. The van der Waals surface area contributed by atoms with Crippen molar-refractivity contribution in [3.63, 3.8) is 0 Å². The van der Waals surface area contributed by atoms with Crippen molar-refractivity contribution in [2.45, 2.75) is 31.7 Å². The number of nitrogens with one attached hydrogen (secondary N) is 2. The third-order valence-corrected chi connectivity index (χ3v) is 6.74. The summed E-state index contributed by atoms with van der Waals surface area (Å²) >= 11 is 7.27. The molecule has 28 heavy (non-hydrogen) atoms. The van der Waals surface area contributed by atoms with Gasteiger partial charge in [0.15, 0.2) is 0 Å². The highest BCUT2D eigenvalue weighted by Crippen LogP contribution is 2.25. The molecule has 0 saturated heterocycles. The van der Waals surface area contributed by atoms with Crippen molar-refractivity contribution in [2.75, 3.05) is 5.32 Å². The zero-order valence-corrected chi connectivity index (χ0v) is 18.0. The van der Waals surface area contributed by atoms with Gasteiger partial charge in [0, 0.05) is 10.7 Å². The largest absolute Gasteiger partial charge is 0.325 e. The van der Waals surface area contributed by atoms with Crippen LogP contribution < -0.4 is 10.0 Å². The summed E-state index contributed by atoms with van der Waals surface area (Å²) in [5.41, 5.74) is 1.29. The number of anilines is 1. The molecule has 1 unspecified atom stereocenters. The second-order valence-corrected chi connectivity index (χ2v) is 10.1. The lowest BCUT2D eigenvalue weighted by Crippen LogP contribution is -2.47. The molecule has 0 aliphatic carbocycles. The third kappa shape index (κ3) is 4.70. The van der Waals surface area contributed by atoms with Crippen LogP contribution in [0.1, 0.15) is 18.9 Å². The third-order valence-electron chi connectivity index (χ3n) is 4.12. The summed E-state index contributed by atoms with van der Waals surface area (Å²) < 4.78 is 29.1. The van der Waals surface area contributed by atoms with Crippen LogP contribution in [0.5, 0.6) is 0 Å². The summed E-state index contributed by atoms with van der Waals surface area (Å²) in [7, 11) is -3.88. The molecule has 3 aromatic rings. The number of hydrogen-bond donors (Lipinski definition) is 2. The Morgan fingerprint density at radius 1 is 1.14 bits per heavy atom. The van der Waals surface area contributed by atoms with Crippen molar-refractivity contribution in [1.29, 1.82) is 0 Å². The normalized spacial score (nSPS) is 13.0. The molecule has 0 spiro atoms. The number of nitrogens with zero attached hydrogens (tertiary/aromatic N) is 1. The first-order valence-corrected chi connectivity index (χ1v) is 11.3. The second kappa shape index (κ2) is 8.16. The number of amides is 1. The van der Waals surface area contributed by atoms with E-state index in [1.165, 1.54) is 17.4 Å². The molecular formula is C19H20ClN3O3S2. The van der Waals surface area contributed by atoms with Gasteiger partial charge in [-0.05, 0) is 55.3 Å². The number of carbonyl (C=O) groups is 1. The number of halogens is 1. The van der Waals surface area contributed by atoms with Gasteiger partial charge in [-0.25, -0.2) is 13.4 Å². The molecular weight excluding hydrogens is 418 g/mol. The van der Waals surface area contributed by atoms with Crippen molar-refractivity contribution < 1.29 is 13.2 Å². The number of aryl methyl sites for hydroxylation is 1. The van der Waals surface area contributed by atoms with E-state index in [0.717, 1.165) is 15.2 Å². The van der Waals surface area contributed by atoms with E-state index in [0.29, 0.717) is 10.7 Å². The Labute approximate surface area is 173 Å². The molecule has 0 saturated carbocycles. The van der Waals surface area contributed by atoms with Gasteiger partial charge in [0.25, 0.3) is 0 Å². The Balaban J connectivity index is 1.83. The highest BCUT2D eigenvalue weighted by Gasteiger charge is 2.28. The number of sulfonamides is 1. The molecule has 0 radical (unpaired) electrons. The minimum absolute atomic E-state index is 0.105. The predicted molar refractivity (Wildman–Crippen MR) is 113 cm³/mol. The molecule has 2 N–H and O–H groups in total. The number of aromatic nitrogens is 1. The van der Waals surface area contributed by atoms with E-state index in [1.807, 2.05) is 6.92 Å². The van der Waals surface area contributed by atoms with Crippen LogP contribution in [0.4, 0.5) is 5.69 Å². The van der Waals surface area contributed by atoms with Crippen molar-refractivity contribution in [3.05, 3.63) is 52.5 Å². The van der Waals surface area contributed by atoms with Crippen LogP contribution >= 0.6 is 22.9 Å². The van der Waals surface area contributed by atoms with Gasteiger partial charge >= 0.3 is 0 Å². The minimum Gasteiger partial charge on any atom is -0.325 e. The number of thiazole rings is 1. The van der Waals surface area contributed by atoms with Gasteiger partial charge in [-0.2, -0.15) is 4.72 Å². The first-order chi connectivity index (χ1) is 13.2. The summed E-state index contributed by atoms with van der Waals surface area (Å²) in [4.78, 5) is 17.1. The van der Waals surface area contributed by atoms with E-state index < -0.39 is 22.0 Å². The van der Waals surface area contributed by atoms with Crippen molar-refractivity contribution in [2.24, 2.45) is 5.92 Å². The highest BCUT2D eigenvalue weighted by atomic mass is 35.5. The second-order valence-electron chi connectivity index (χ2n) is 6.70. The molecule has 1 heterocycles. The van der Waals surface area contributed by atoms with E-state index in [4.69, 9.17) is 11.6 Å². The van der Waals surface area contributed by atoms with E-state index >= 15 is 0 Å². The van der Waals surface area contributed by atoms with Gasteiger partial charge in [0.05, 0.1) is 20.1 Å². The molecule has 9 heteroatoms. The van der Waals surface area contributed by atoms with Crippen molar-refractivity contribution in [3.8, 4) is 0 Å². The lowest BCUT2D eigenvalue weighted by Gasteiger charge is -2.21. The van der Waals surface area contributed by atoms with Gasteiger partial charge < -0.3 is 5.32 Å². The summed E-state index contributed by atoms with van der Waals surface area (Å²) in [5.74, 6) is -0.688. The van der Waals surface area contributed by atoms with E-state index in [1.54, 1.807) is 50.2 Å². The van der Waals surface area contributed by atoms with Crippen LogP contribution in [0.3, 0.4) is 0 Å². The standard InChI is InChI=1S/C19H20ClN3O3S2/c1-11(2)18(19(24)22-14-6-4-13(20)5-7-14)23-28(25,26)15-8-9-16-17(10-15)27-12(3)21-16/h4-11,18,23H,1-3H3,(H,22,24). The van der Waals surface area contributed by atoms with E-state index in [9.17, 15) is 13.2 Å². The summed E-state index contributed by atoms with van der Waals surface area (Å²) in [5, 5.41) is 4.14. The quantitative estimate of drug-likeness (QED) is 0.604. The van der Waals surface area contributed by atoms with E-state index in [2.05, 4.69) is 15.0 Å². The number of fused-ring (bicyclic) bond motifs is 1. The average Bonchev–Trinajstić information content (AvgIpc) is 3.00. The first kappa shape index (κ1) is 20.7. The fraction of sp³-hybridized carbons (Fsp3) is 0.263. The lowest BCUT2D eigenvalue weighted by molar-refractivity contribution is -0.118. The molecule has 0 bridgehead atoms. The Kier molecular flexibility index (Phi) is 6.04. The van der Waals surface area contributed by atoms with Crippen LogP contribution in [0.25, 0.3) is 10.2 Å². The van der Waals surface area contributed by atoms with Gasteiger partial charge in [0.1, 0.15) is 6.04 Å². The number of carbonyl (C=O) groups excluding carboxylic acids is 1. The summed E-state index contributed by atoms with van der Waals surface area (Å²) in [6.45, 7) is 5.43. The van der Waals surface area contributed by atoms with Crippen LogP contribution in [-0.4, -0.2) is 25.4 Å². The predicted octanol–water partition coefficient (Wildman–Crippen LogP) is 4.20. The maximum Gasteiger partial charge on any atom is 0.242 e. The molecule has 0 fully saturated rings. The molecule has 0 aliphatic heterocycles. The molecule has 1 aromatic heterocycles. The highest BCUT2D eigenvalue weighted by molar-refractivity contribution is 7.89.